The molecule has 3 rings (SSSR count). The van der Waals surface area contributed by atoms with E-state index in [4.69, 9.17) is 4.74 Å². The molecule has 4 nitrogen and oxygen atoms in total. The van der Waals surface area contributed by atoms with Crippen LogP contribution >= 0.6 is 0 Å². The molecule has 1 fully saturated rings. The minimum Gasteiger partial charge on any atom is -0.426 e. The summed E-state index contributed by atoms with van der Waals surface area (Å²) in [6.45, 7) is 9.19. The van der Waals surface area contributed by atoms with E-state index in [2.05, 4.69) is 36.1 Å². The second-order valence-electron chi connectivity index (χ2n) is 10.2. The Morgan fingerprint density at radius 3 is 2.67 bits per heavy atom. The molecule has 0 spiro atoms. The average molecular weight is 454 g/mol. The molecule has 4 heteroatoms. The van der Waals surface area contributed by atoms with E-state index in [0.717, 1.165) is 55.2 Å². The fraction of sp³-hybridized carbons (Fsp3) is 0.621. The van der Waals surface area contributed by atoms with Crippen LogP contribution in [0.5, 0.6) is 5.75 Å². The number of carbonyl (C=O) groups is 1. The number of benzene rings is 1. The van der Waals surface area contributed by atoms with Gasteiger partial charge in [-0.2, -0.15) is 0 Å². The third-order valence-electron chi connectivity index (χ3n) is 7.04. The number of aliphatic hydroxyl groups is 1. The largest absolute Gasteiger partial charge is 0.426 e. The van der Waals surface area contributed by atoms with Crippen LogP contribution in [0, 0.1) is 17.8 Å². The van der Waals surface area contributed by atoms with Crippen molar-refractivity contribution in [3.8, 4) is 5.75 Å². The molecule has 0 saturated carbocycles. The zero-order chi connectivity index (χ0) is 23.6. The van der Waals surface area contributed by atoms with E-state index in [0.29, 0.717) is 5.75 Å². The zero-order valence-corrected chi connectivity index (χ0v) is 20.8. The molecule has 1 aliphatic heterocycles. The van der Waals surface area contributed by atoms with Gasteiger partial charge in [-0.15, -0.1) is 0 Å². The van der Waals surface area contributed by atoms with E-state index >= 15 is 0 Å². The highest BCUT2D eigenvalue weighted by Gasteiger charge is 2.22. The number of piperidine rings is 1. The molecule has 1 aromatic carbocycles. The summed E-state index contributed by atoms with van der Waals surface area (Å²) in [5.74, 6) is 1.79. The maximum Gasteiger partial charge on any atom is 0.313 e. The lowest BCUT2D eigenvalue weighted by molar-refractivity contribution is -0.137. The minimum absolute atomic E-state index is 0.173. The van der Waals surface area contributed by atoms with Gasteiger partial charge in [0.05, 0.1) is 12.0 Å². The first kappa shape index (κ1) is 25.7. The maximum absolute atomic E-state index is 12.1. The molecular weight excluding hydrogens is 410 g/mol. The van der Waals surface area contributed by atoms with E-state index in [1.807, 2.05) is 32.0 Å². The fourth-order valence-corrected chi connectivity index (χ4v) is 4.93. The Labute approximate surface area is 200 Å². The van der Waals surface area contributed by atoms with Crippen LogP contribution in [-0.2, 0) is 11.2 Å². The lowest BCUT2D eigenvalue weighted by atomic mass is 9.84. The highest BCUT2D eigenvalue weighted by Crippen LogP contribution is 2.30. The average Bonchev–Trinajstić information content (AvgIpc) is 2.82. The van der Waals surface area contributed by atoms with Crippen LogP contribution in [0.15, 0.2) is 42.5 Å². The number of aliphatic hydroxyl groups excluding tert-OH is 1. The first-order chi connectivity index (χ1) is 16.0. The number of rotatable bonds is 11. The monoisotopic (exact) mass is 453 g/mol. The van der Waals surface area contributed by atoms with Crippen LogP contribution in [0.2, 0.25) is 0 Å². The first-order valence-electron chi connectivity index (χ1n) is 13.0. The number of aryl methyl sites for hydroxylation is 1. The van der Waals surface area contributed by atoms with Gasteiger partial charge in [0.15, 0.2) is 0 Å². The lowest BCUT2D eigenvalue weighted by Gasteiger charge is -2.33. The molecule has 2 atom stereocenters. The summed E-state index contributed by atoms with van der Waals surface area (Å²) >= 11 is 0. The van der Waals surface area contributed by atoms with E-state index in [1.54, 1.807) is 0 Å². The van der Waals surface area contributed by atoms with Gasteiger partial charge in [0.2, 0.25) is 0 Å². The van der Waals surface area contributed by atoms with Crippen LogP contribution in [0.4, 0.5) is 0 Å². The summed E-state index contributed by atoms with van der Waals surface area (Å²) in [6, 6.07) is 5.87. The summed E-state index contributed by atoms with van der Waals surface area (Å²) in [7, 11) is 0. The Bertz CT molecular complexity index is 805. The Hall–Kier alpha value is -1.91. The molecule has 182 valence electrons. The second-order valence-corrected chi connectivity index (χ2v) is 10.2. The quantitative estimate of drug-likeness (QED) is 0.318. The zero-order valence-electron chi connectivity index (χ0n) is 20.8. The highest BCUT2D eigenvalue weighted by molar-refractivity contribution is 5.74. The third-order valence-corrected chi connectivity index (χ3v) is 7.04. The van der Waals surface area contributed by atoms with Crippen LogP contribution in [0.1, 0.15) is 82.9 Å². The SMILES string of the molecule is CCCc1ccc(C(O)CCCN2CCC(CC3C=CC=CC3)CC2)cc1OC(=O)C(C)C. The van der Waals surface area contributed by atoms with Gasteiger partial charge in [-0.25, -0.2) is 0 Å². The normalized spacial score (nSPS) is 20.3. The van der Waals surface area contributed by atoms with Crippen molar-refractivity contribution >= 4 is 5.97 Å². The Balaban J connectivity index is 1.43. The molecule has 1 heterocycles. The van der Waals surface area contributed by atoms with Gasteiger partial charge < -0.3 is 14.7 Å². The third kappa shape index (κ3) is 8.12. The summed E-state index contributed by atoms with van der Waals surface area (Å²) in [4.78, 5) is 14.7. The number of likely N-dealkylation sites (tertiary alicyclic amines) is 1. The van der Waals surface area contributed by atoms with Crippen LogP contribution < -0.4 is 4.74 Å². The Morgan fingerprint density at radius 2 is 2.00 bits per heavy atom. The van der Waals surface area contributed by atoms with Crippen molar-refractivity contribution in [2.24, 2.45) is 17.8 Å². The number of carbonyl (C=O) groups excluding carboxylic acids is 1. The first-order valence-corrected chi connectivity index (χ1v) is 13.0. The molecule has 1 N–H and O–H groups in total. The number of hydrogen-bond donors (Lipinski definition) is 1. The predicted molar refractivity (Wildman–Crippen MR) is 135 cm³/mol. The Morgan fingerprint density at radius 1 is 1.21 bits per heavy atom. The number of nitrogens with zero attached hydrogens (tertiary/aromatic N) is 1. The van der Waals surface area contributed by atoms with Gasteiger partial charge in [-0.05, 0) is 93.6 Å². The minimum atomic E-state index is -0.527. The molecular formula is C29H43NO3. The fourth-order valence-electron chi connectivity index (χ4n) is 4.93. The van der Waals surface area contributed by atoms with E-state index in [-0.39, 0.29) is 11.9 Å². The van der Waals surface area contributed by atoms with Gasteiger partial charge in [0.1, 0.15) is 5.75 Å². The maximum atomic E-state index is 12.1. The van der Waals surface area contributed by atoms with Gasteiger partial charge in [0, 0.05) is 0 Å². The van der Waals surface area contributed by atoms with Crippen molar-refractivity contribution in [2.75, 3.05) is 19.6 Å². The molecule has 1 aromatic rings. The standard InChI is InChI=1S/C29H43NO3/c1-4-9-25-13-14-26(21-28(25)33-29(32)22(2)3)27(31)12-8-17-30-18-15-24(16-19-30)20-23-10-6-5-7-11-23/h5-7,10,13-14,21-24,27,31H,4,8-9,11-12,15-20H2,1-3H3. The van der Waals surface area contributed by atoms with Crippen LogP contribution in [0.3, 0.4) is 0 Å². The molecule has 1 aliphatic carbocycles. The number of allylic oxidation sites excluding steroid dienone is 4. The number of ether oxygens (including phenoxy) is 1. The smallest absolute Gasteiger partial charge is 0.313 e. The van der Waals surface area contributed by atoms with Crippen LogP contribution in [0.25, 0.3) is 0 Å². The van der Waals surface area contributed by atoms with Crippen LogP contribution in [-0.4, -0.2) is 35.6 Å². The van der Waals surface area contributed by atoms with Gasteiger partial charge in [-0.3, -0.25) is 4.79 Å². The van der Waals surface area contributed by atoms with Crippen molar-refractivity contribution in [3.05, 3.63) is 53.6 Å². The van der Waals surface area contributed by atoms with E-state index < -0.39 is 6.10 Å². The predicted octanol–water partition coefficient (Wildman–Crippen LogP) is 6.25. The topological polar surface area (TPSA) is 49.8 Å². The summed E-state index contributed by atoms with van der Waals surface area (Å²) in [6.07, 6.45) is 17.1. The van der Waals surface area contributed by atoms with Gasteiger partial charge >= 0.3 is 5.97 Å². The number of esters is 1. The molecule has 2 unspecified atom stereocenters. The van der Waals surface area contributed by atoms with Gasteiger partial charge in [-0.1, -0.05) is 63.6 Å². The molecule has 0 radical (unpaired) electrons. The molecule has 33 heavy (non-hydrogen) atoms. The molecule has 1 saturated heterocycles. The van der Waals surface area contributed by atoms with Crippen molar-refractivity contribution in [2.45, 2.75) is 78.2 Å². The van der Waals surface area contributed by atoms with Crippen molar-refractivity contribution in [3.63, 3.8) is 0 Å². The summed E-state index contributed by atoms with van der Waals surface area (Å²) in [5.41, 5.74) is 1.87. The van der Waals surface area contributed by atoms with Crippen molar-refractivity contribution < 1.29 is 14.6 Å². The van der Waals surface area contributed by atoms with Crippen molar-refractivity contribution in [1.82, 2.24) is 4.90 Å². The molecule has 0 bridgehead atoms. The summed E-state index contributed by atoms with van der Waals surface area (Å²) < 4.78 is 5.65. The molecule has 0 amide bonds. The molecule has 0 aromatic heterocycles. The van der Waals surface area contributed by atoms with Gasteiger partial charge in [0.25, 0.3) is 0 Å². The second kappa shape index (κ2) is 13.1. The Kier molecular flexibility index (Phi) is 10.2. The lowest BCUT2D eigenvalue weighted by Crippen LogP contribution is -2.35. The number of hydrogen-bond acceptors (Lipinski definition) is 4. The van der Waals surface area contributed by atoms with E-state index in [1.165, 1.54) is 38.8 Å². The van der Waals surface area contributed by atoms with Crippen molar-refractivity contribution in [1.29, 1.82) is 0 Å². The van der Waals surface area contributed by atoms with E-state index in [9.17, 15) is 9.90 Å². The molecule has 2 aliphatic rings. The highest BCUT2D eigenvalue weighted by atomic mass is 16.5. The summed E-state index contributed by atoms with van der Waals surface area (Å²) in [5, 5.41) is 10.8.